The van der Waals surface area contributed by atoms with Crippen LogP contribution in [-0.2, 0) is 17.4 Å². The number of benzene rings is 2. The van der Waals surface area contributed by atoms with Crippen molar-refractivity contribution >= 4 is 22.9 Å². The van der Waals surface area contributed by atoms with Gasteiger partial charge in [-0.1, -0.05) is 12.1 Å². The number of aliphatic hydroxyl groups excluding tert-OH is 1. The van der Waals surface area contributed by atoms with Gasteiger partial charge in [-0.05, 0) is 43.7 Å². The molecule has 0 bridgehead atoms. The summed E-state index contributed by atoms with van der Waals surface area (Å²) in [4.78, 5) is 12.8. The summed E-state index contributed by atoms with van der Waals surface area (Å²) in [5.41, 5.74) is 1.77. The Morgan fingerprint density at radius 1 is 1.29 bits per heavy atom. The van der Waals surface area contributed by atoms with Gasteiger partial charge in [-0.2, -0.15) is 13.2 Å². The van der Waals surface area contributed by atoms with Gasteiger partial charge in [0, 0.05) is 48.0 Å². The molecule has 0 aromatic heterocycles. The molecule has 4 rings (SSSR count). The molecule has 8 heteroatoms. The number of carbonyl (C=O) groups is 1. The van der Waals surface area contributed by atoms with Gasteiger partial charge in [-0.3, -0.25) is 4.79 Å². The molecule has 2 aromatic carbocycles. The molecule has 2 heterocycles. The molecule has 31 heavy (non-hydrogen) atoms. The van der Waals surface area contributed by atoms with Crippen molar-refractivity contribution in [2.75, 3.05) is 17.2 Å². The monoisotopic (exact) mass is 432 g/mol. The van der Waals surface area contributed by atoms with Crippen molar-refractivity contribution in [2.45, 2.75) is 44.6 Å². The first-order chi connectivity index (χ1) is 14.5. The third-order valence-electron chi connectivity index (χ3n) is 5.36. The van der Waals surface area contributed by atoms with Crippen molar-refractivity contribution in [1.29, 1.82) is 0 Å². The van der Waals surface area contributed by atoms with Crippen LogP contribution < -0.4 is 15.4 Å². The largest absolute Gasteiger partial charge is 0.487 e. The Balaban J connectivity index is 1.64. The van der Waals surface area contributed by atoms with E-state index in [1.165, 1.54) is 12.1 Å². The molecule has 1 atom stereocenters. The van der Waals surface area contributed by atoms with Crippen molar-refractivity contribution in [3.63, 3.8) is 0 Å². The Morgan fingerprint density at radius 3 is 2.81 bits per heavy atom. The van der Waals surface area contributed by atoms with Crippen molar-refractivity contribution < 1.29 is 27.8 Å². The number of halogens is 3. The van der Waals surface area contributed by atoms with Crippen LogP contribution >= 0.6 is 0 Å². The highest BCUT2D eigenvalue weighted by molar-refractivity contribution is 6.05. The first kappa shape index (κ1) is 21.2. The van der Waals surface area contributed by atoms with Crippen LogP contribution in [0.15, 0.2) is 42.5 Å². The molecule has 0 spiro atoms. The predicted octanol–water partition coefficient (Wildman–Crippen LogP) is 4.62. The third kappa shape index (κ3) is 4.54. The van der Waals surface area contributed by atoms with Crippen LogP contribution in [0.4, 0.5) is 24.5 Å². The highest BCUT2D eigenvalue weighted by Gasteiger charge is 2.35. The molecule has 0 radical (unpaired) electrons. The Kier molecular flexibility index (Phi) is 5.21. The number of carbonyl (C=O) groups excluding carboxylic acids is 1. The lowest BCUT2D eigenvalue weighted by molar-refractivity contribution is -0.137. The van der Waals surface area contributed by atoms with E-state index in [0.717, 1.165) is 23.4 Å². The van der Waals surface area contributed by atoms with Gasteiger partial charge in [0.15, 0.2) is 0 Å². The molecule has 2 aromatic rings. The molecule has 1 amide bonds. The number of aliphatic hydroxyl groups is 1. The molecule has 0 saturated heterocycles. The number of nitrogens with one attached hydrogen (secondary N) is 2. The molecule has 0 aliphatic carbocycles. The van der Waals surface area contributed by atoms with Gasteiger partial charge in [0.05, 0.1) is 11.7 Å². The van der Waals surface area contributed by atoms with E-state index in [4.69, 9.17) is 4.74 Å². The van der Waals surface area contributed by atoms with E-state index in [1.807, 2.05) is 6.07 Å². The van der Waals surface area contributed by atoms with Gasteiger partial charge in [0.2, 0.25) is 5.91 Å². The predicted molar refractivity (Wildman–Crippen MR) is 112 cm³/mol. The summed E-state index contributed by atoms with van der Waals surface area (Å²) in [6, 6.07) is 8.75. The molecule has 0 fully saturated rings. The van der Waals surface area contributed by atoms with Crippen LogP contribution in [0.5, 0.6) is 5.75 Å². The summed E-state index contributed by atoms with van der Waals surface area (Å²) >= 11 is 0. The molecule has 164 valence electrons. The Labute approximate surface area is 177 Å². The summed E-state index contributed by atoms with van der Waals surface area (Å²) in [5, 5.41) is 15.9. The number of amides is 1. The highest BCUT2D eigenvalue weighted by atomic mass is 19.4. The number of hydrogen-bond acceptors (Lipinski definition) is 4. The van der Waals surface area contributed by atoms with E-state index in [-0.39, 0.29) is 5.75 Å². The topological polar surface area (TPSA) is 70.6 Å². The molecule has 1 unspecified atom stereocenters. The van der Waals surface area contributed by atoms with Crippen LogP contribution in [0.25, 0.3) is 5.57 Å². The molecular weight excluding hydrogens is 409 g/mol. The maximum Gasteiger partial charge on any atom is 0.416 e. The average molecular weight is 432 g/mol. The highest BCUT2D eigenvalue weighted by Crippen LogP contribution is 2.43. The second-order valence-electron chi connectivity index (χ2n) is 8.48. The molecule has 5 nitrogen and oxygen atoms in total. The minimum Gasteiger partial charge on any atom is -0.487 e. The molecule has 3 N–H and O–H groups in total. The quantitative estimate of drug-likeness (QED) is 0.606. The Bertz CT molecular complexity index is 1060. The van der Waals surface area contributed by atoms with Crippen molar-refractivity contribution in [3.05, 3.63) is 59.2 Å². The maximum atomic E-state index is 13.1. The zero-order chi connectivity index (χ0) is 22.4. The fourth-order valence-electron chi connectivity index (χ4n) is 4.02. The summed E-state index contributed by atoms with van der Waals surface area (Å²) in [6.07, 6.45) is -2.84. The van der Waals surface area contributed by atoms with Crippen LogP contribution in [0.3, 0.4) is 0 Å². The fourth-order valence-corrected chi connectivity index (χ4v) is 4.02. The van der Waals surface area contributed by atoms with E-state index >= 15 is 0 Å². The summed E-state index contributed by atoms with van der Waals surface area (Å²) in [6.45, 7) is 3.98. The fraction of sp³-hybridized carbons (Fsp3) is 0.348. The number of ether oxygens (including phenoxy) is 1. The lowest BCUT2D eigenvalue weighted by Gasteiger charge is -2.34. The van der Waals surface area contributed by atoms with E-state index in [9.17, 15) is 23.1 Å². The second kappa shape index (κ2) is 7.60. The van der Waals surface area contributed by atoms with Crippen LogP contribution in [0.1, 0.15) is 37.0 Å². The first-order valence-corrected chi connectivity index (χ1v) is 9.98. The smallest absolute Gasteiger partial charge is 0.416 e. The number of hydrogen-bond donors (Lipinski definition) is 3. The number of fused-ring (bicyclic) bond motifs is 2. The lowest BCUT2D eigenvalue weighted by Crippen LogP contribution is -2.32. The summed E-state index contributed by atoms with van der Waals surface area (Å²) in [5.74, 6) is -0.290. The van der Waals surface area contributed by atoms with Gasteiger partial charge in [0.1, 0.15) is 11.4 Å². The van der Waals surface area contributed by atoms with E-state index in [1.54, 1.807) is 26.0 Å². The Morgan fingerprint density at radius 2 is 2.06 bits per heavy atom. The lowest BCUT2D eigenvalue weighted by atomic mass is 9.88. The SMILES string of the molecule is CC1(C)C/C(=C\C(=O)Nc2cccc3c2CC(O)CN3)c2ccc(C(F)(F)F)cc2O1. The van der Waals surface area contributed by atoms with Crippen LogP contribution in [-0.4, -0.2) is 29.3 Å². The van der Waals surface area contributed by atoms with Crippen LogP contribution in [0.2, 0.25) is 0 Å². The standard InChI is InChI=1S/C23H23F3N2O3/c1-22(2)11-13(16-7-6-14(23(24,25)26)9-20(16)31-22)8-21(30)28-19-5-3-4-18-17(19)10-15(29)12-27-18/h3-9,15,27,29H,10-12H2,1-2H3,(H,28,30)/b13-8+. The number of β-amino-alcohol motifs (C(OH)–C–C–N with tert-alkyl or cyclic N) is 1. The molecule has 2 aliphatic rings. The van der Waals surface area contributed by atoms with E-state index in [2.05, 4.69) is 10.6 Å². The second-order valence-corrected chi connectivity index (χ2v) is 8.48. The molecule has 2 aliphatic heterocycles. The van der Waals surface area contributed by atoms with Gasteiger partial charge >= 0.3 is 6.18 Å². The van der Waals surface area contributed by atoms with E-state index < -0.39 is 29.4 Å². The minimum atomic E-state index is -4.48. The number of anilines is 2. The van der Waals surface area contributed by atoms with Gasteiger partial charge in [0.25, 0.3) is 0 Å². The zero-order valence-corrected chi connectivity index (χ0v) is 17.1. The van der Waals surface area contributed by atoms with E-state index in [0.29, 0.717) is 36.2 Å². The van der Waals surface area contributed by atoms with Crippen molar-refractivity contribution in [3.8, 4) is 5.75 Å². The minimum absolute atomic E-state index is 0.106. The first-order valence-electron chi connectivity index (χ1n) is 9.98. The molecular formula is C23H23F3N2O3. The average Bonchev–Trinajstić information content (AvgIpc) is 2.66. The summed E-state index contributed by atoms with van der Waals surface area (Å²) < 4.78 is 45.1. The number of rotatable bonds is 2. The maximum absolute atomic E-state index is 13.1. The van der Waals surface area contributed by atoms with Crippen molar-refractivity contribution in [2.24, 2.45) is 0 Å². The van der Waals surface area contributed by atoms with Gasteiger partial charge in [-0.25, -0.2) is 0 Å². The Hall–Kier alpha value is -3.00. The summed E-state index contributed by atoms with van der Waals surface area (Å²) in [7, 11) is 0. The normalized spacial score (nSPS) is 20.8. The van der Waals surface area contributed by atoms with Crippen LogP contribution in [0, 0.1) is 0 Å². The zero-order valence-electron chi connectivity index (χ0n) is 17.1. The van der Waals surface area contributed by atoms with Gasteiger partial charge in [-0.15, -0.1) is 0 Å². The molecule has 0 saturated carbocycles. The van der Waals surface area contributed by atoms with Gasteiger partial charge < -0.3 is 20.5 Å². The number of alkyl halides is 3. The third-order valence-corrected chi connectivity index (χ3v) is 5.36. The van der Waals surface area contributed by atoms with Crippen molar-refractivity contribution in [1.82, 2.24) is 0 Å².